The van der Waals surface area contributed by atoms with Crippen LogP contribution in [0.5, 0.6) is 0 Å². The van der Waals surface area contributed by atoms with Crippen LogP contribution >= 0.6 is 0 Å². The number of likely N-dealkylation sites (N-methyl/N-ethyl adjacent to an activating group) is 1. The number of hydrogen-bond donors (Lipinski definition) is 3. The van der Waals surface area contributed by atoms with E-state index in [0.29, 0.717) is 11.6 Å². The van der Waals surface area contributed by atoms with Crippen molar-refractivity contribution in [2.24, 2.45) is 0 Å². The molecule has 3 N–H and O–H groups in total. The molecule has 1 aromatic heterocycles. The summed E-state index contributed by atoms with van der Waals surface area (Å²) in [5.41, 5.74) is 3.44. The maximum absolute atomic E-state index is 11.4. The number of hydroxylamine groups is 1. The second-order valence-corrected chi connectivity index (χ2v) is 5.99. The first-order valence-corrected chi connectivity index (χ1v) is 8.13. The quantitative estimate of drug-likeness (QED) is 0.582. The topological polar surface area (TPSA) is 77.7 Å². The molecule has 3 rings (SSSR count). The van der Waals surface area contributed by atoms with Crippen molar-refractivity contribution in [1.82, 2.24) is 15.7 Å². The Balaban J connectivity index is 1.77. The van der Waals surface area contributed by atoms with Crippen LogP contribution in [-0.2, 0) is 6.54 Å². The van der Waals surface area contributed by atoms with Gasteiger partial charge in [0.15, 0.2) is 5.76 Å². The molecule has 1 aliphatic heterocycles. The van der Waals surface area contributed by atoms with E-state index in [4.69, 9.17) is 9.62 Å². The molecule has 124 valence electrons. The summed E-state index contributed by atoms with van der Waals surface area (Å²) in [5.74, 6) is -0.519. The number of piperidine rings is 1. The lowest BCUT2D eigenvalue weighted by Gasteiger charge is -2.34. The highest BCUT2D eigenvalue weighted by Crippen LogP contribution is 2.22. The fraction of sp³-hybridized carbons (Fsp3) is 0.471. The van der Waals surface area contributed by atoms with Crippen LogP contribution in [0.4, 0.5) is 0 Å². The highest BCUT2D eigenvalue weighted by molar-refractivity contribution is 5.95. The zero-order chi connectivity index (χ0) is 16.2. The van der Waals surface area contributed by atoms with Crippen molar-refractivity contribution < 1.29 is 14.4 Å². The molecule has 1 saturated heterocycles. The Morgan fingerprint density at radius 1 is 1.48 bits per heavy atom. The Kier molecular flexibility index (Phi) is 4.95. The Hall–Kier alpha value is -1.89. The van der Waals surface area contributed by atoms with Gasteiger partial charge in [0.2, 0.25) is 0 Å². The van der Waals surface area contributed by atoms with Crippen molar-refractivity contribution in [2.45, 2.75) is 32.4 Å². The van der Waals surface area contributed by atoms with Crippen LogP contribution < -0.4 is 10.8 Å². The molecule has 1 aliphatic rings. The molecule has 0 radical (unpaired) electrons. The zero-order valence-corrected chi connectivity index (χ0v) is 13.3. The number of nitrogens with zero attached hydrogens (tertiary/aromatic N) is 1. The first kappa shape index (κ1) is 16.0. The predicted molar refractivity (Wildman–Crippen MR) is 87.4 cm³/mol. The van der Waals surface area contributed by atoms with Crippen molar-refractivity contribution in [1.29, 1.82) is 0 Å². The molecular weight excluding hydrogens is 294 g/mol. The number of benzene rings is 1. The zero-order valence-electron chi connectivity index (χ0n) is 13.3. The number of carbonyl (C=O) groups is 1. The fourth-order valence-corrected chi connectivity index (χ4v) is 3.24. The van der Waals surface area contributed by atoms with E-state index in [1.54, 1.807) is 11.5 Å². The Bertz CT molecular complexity index is 677. The molecule has 1 amide bonds. The van der Waals surface area contributed by atoms with E-state index in [1.165, 1.54) is 18.4 Å². The standard InChI is InChI=1S/C17H23N3O3/c1-2-20(14-4-3-7-18-10-14)11-12-5-6-15-13(8-12)9-16(23-15)17(21)19-22/h5-6,8-9,14,18,22H,2-4,7,10-11H2,1H3,(H,19,21). The van der Waals surface area contributed by atoms with Gasteiger partial charge >= 0.3 is 5.91 Å². The largest absolute Gasteiger partial charge is 0.451 e. The summed E-state index contributed by atoms with van der Waals surface area (Å²) in [6.45, 7) is 6.24. The highest BCUT2D eigenvalue weighted by atomic mass is 16.5. The second kappa shape index (κ2) is 7.12. The summed E-state index contributed by atoms with van der Waals surface area (Å²) in [7, 11) is 0. The Morgan fingerprint density at radius 3 is 3.04 bits per heavy atom. The van der Waals surface area contributed by atoms with Crippen LogP contribution in [0.3, 0.4) is 0 Å². The summed E-state index contributed by atoms with van der Waals surface area (Å²) in [6, 6.07) is 8.19. The molecule has 1 aromatic carbocycles. The van der Waals surface area contributed by atoms with Crippen LogP contribution in [0, 0.1) is 0 Å². The highest BCUT2D eigenvalue weighted by Gasteiger charge is 2.20. The predicted octanol–water partition coefficient (Wildman–Crippen LogP) is 2.13. The molecule has 2 aromatic rings. The van der Waals surface area contributed by atoms with Crippen molar-refractivity contribution in [2.75, 3.05) is 19.6 Å². The van der Waals surface area contributed by atoms with Gasteiger partial charge in [0.1, 0.15) is 5.58 Å². The van der Waals surface area contributed by atoms with E-state index in [1.807, 2.05) is 18.2 Å². The first-order chi connectivity index (χ1) is 11.2. The van der Waals surface area contributed by atoms with E-state index < -0.39 is 5.91 Å². The maximum atomic E-state index is 11.4. The minimum absolute atomic E-state index is 0.114. The van der Waals surface area contributed by atoms with Crippen LogP contribution in [0.25, 0.3) is 11.0 Å². The number of carbonyl (C=O) groups excluding carboxylic acids is 1. The van der Waals surface area contributed by atoms with Crippen LogP contribution in [0.2, 0.25) is 0 Å². The van der Waals surface area contributed by atoms with E-state index >= 15 is 0 Å². The molecule has 0 bridgehead atoms. The smallest absolute Gasteiger partial charge is 0.310 e. The van der Waals surface area contributed by atoms with Crippen LogP contribution in [0.15, 0.2) is 28.7 Å². The van der Waals surface area contributed by atoms with Crippen LogP contribution in [-0.4, -0.2) is 41.7 Å². The van der Waals surface area contributed by atoms with Gasteiger partial charge < -0.3 is 9.73 Å². The number of nitrogens with one attached hydrogen (secondary N) is 2. The van der Waals surface area contributed by atoms with Crippen molar-refractivity contribution in [3.05, 3.63) is 35.6 Å². The van der Waals surface area contributed by atoms with Crippen LogP contribution in [0.1, 0.15) is 35.9 Å². The van der Waals surface area contributed by atoms with Gasteiger partial charge in [-0.1, -0.05) is 13.0 Å². The SMILES string of the molecule is CCN(Cc1ccc2oc(C(=O)NO)cc2c1)C1CCCNC1. The molecule has 6 nitrogen and oxygen atoms in total. The first-order valence-electron chi connectivity index (χ1n) is 8.13. The number of fused-ring (bicyclic) bond motifs is 1. The lowest BCUT2D eigenvalue weighted by atomic mass is 10.0. The number of furan rings is 1. The van der Waals surface area contributed by atoms with Gasteiger partial charge in [-0.05, 0) is 49.7 Å². The minimum atomic E-state index is -0.633. The van der Waals surface area contributed by atoms with Gasteiger partial charge in [0.05, 0.1) is 0 Å². The molecule has 6 heteroatoms. The summed E-state index contributed by atoms with van der Waals surface area (Å²) in [6.07, 6.45) is 2.46. The number of hydrogen-bond acceptors (Lipinski definition) is 5. The molecule has 1 unspecified atom stereocenters. The monoisotopic (exact) mass is 317 g/mol. The third-order valence-corrected chi connectivity index (χ3v) is 4.49. The van der Waals surface area contributed by atoms with Crippen molar-refractivity contribution in [3.63, 3.8) is 0 Å². The lowest BCUT2D eigenvalue weighted by molar-refractivity contribution is 0.0678. The summed E-state index contributed by atoms with van der Waals surface area (Å²) in [5, 5.41) is 13.0. The number of amides is 1. The van der Waals surface area contributed by atoms with Gasteiger partial charge in [-0.2, -0.15) is 0 Å². The van der Waals surface area contributed by atoms with Gasteiger partial charge in [-0.25, -0.2) is 5.48 Å². The average Bonchev–Trinajstić information content (AvgIpc) is 3.03. The lowest BCUT2D eigenvalue weighted by Crippen LogP contribution is -2.45. The Morgan fingerprint density at radius 2 is 2.35 bits per heavy atom. The van der Waals surface area contributed by atoms with Gasteiger partial charge in [-0.3, -0.25) is 14.9 Å². The molecule has 23 heavy (non-hydrogen) atoms. The van der Waals surface area contributed by atoms with Crippen molar-refractivity contribution >= 4 is 16.9 Å². The second-order valence-electron chi connectivity index (χ2n) is 5.99. The molecule has 1 atom stereocenters. The van der Waals surface area contributed by atoms with E-state index in [9.17, 15) is 4.79 Å². The summed E-state index contributed by atoms with van der Waals surface area (Å²) in [4.78, 5) is 13.9. The summed E-state index contributed by atoms with van der Waals surface area (Å²) >= 11 is 0. The van der Waals surface area contributed by atoms with E-state index in [-0.39, 0.29) is 5.76 Å². The molecule has 0 aliphatic carbocycles. The van der Waals surface area contributed by atoms with Gasteiger partial charge in [0, 0.05) is 24.5 Å². The van der Waals surface area contributed by atoms with Gasteiger partial charge in [0.25, 0.3) is 0 Å². The molecular formula is C17H23N3O3. The van der Waals surface area contributed by atoms with E-state index in [0.717, 1.165) is 31.6 Å². The number of rotatable bonds is 5. The average molecular weight is 317 g/mol. The normalized spacial score (nSPS) is 18.5. The molecule has 0 saturated carbocycles. The fourth-order valence-electron chi connectivity index (χ4n) is 3.24. The minimum Gasteiger partial charge on any atom is -0.451 e. The van der Waals surface area contributed by atoms with E-state index in [2.05, 4.69) is 17.1 Å². The third-order valence-electron chi connectivity index (χ3n) is 4.49. The summed E-state index contributed by atoms with van der Waals surface area (Å²) < 4.78 is 5.43. The molecule has 0 spiro atoms. The molecule has 2 heterocycles. The third kappa shape index (κ3) is 3.55. The van der Waals surface area contributed by atoms with Gasteiger partial charge in [-0.15, -0.1) is 0 Å². The Labute approximate surface area is 135 Å². The maximum Gasteiger partial charge on any atom is 0.310 e. The molecule has 1 fully saturated rings. The van der Waals surface area contributed by atoms with Crippen molar-refractivity contribution in [3.8, 4) is 0 Å².